The summed E-state index contributed by atoms with van der Waals surface area (Å²) in [5, 5.41) is 2.28. The van der Waals surface area contributed by atoms with Crippen LogP contribution < -0.4 is 0 Å². The number of benzene rings is 5. The van der Waals surface area contributed by atoms with Crippen LogP contribution in [0.1, 0.15) is 0 Å². The van der Waals surface area contributed by atoms with Gasteiger partial charge in [0.15, 0.2) is 0 Å². The Balaban J connectivity index is 1.11. The van der Waals surface area contributed by atoms with Gasteiger partial charge in [0.2, 0.25) is 0 Å². The monoisotopic (exact) mass is 589 g/mol. The van der Waals surface area contributed by atoms with Crippen LogP contribution in [0.2, 0.25) is 0 Å². The van der Waals surface area contributed by atoms with Crippen LogP contribution in [0.25, 0.3) is 78.3 Å². The van der Waals surface area contributed by atoms with Crippen molar-refractivity contribution in [3.63, 3.8) is 0 Å². The Hall–Kier alpha value is -6.33. The fourth-order valence-electron chi connectivity index (χ4n) is 6.42. The third-order valence-corrected chi connectivity index (χ3v) is 8.63. The van der Waals surface area contributed by atoms with E-state index in [1.165, 1.54) is 0 Å². The van der Waals surface area contributed by atoms with Crippen LogP contribution in [0, 0.1) is 0 Å². The Morgan fingerprint density at radius 3 is 1.96 bits per heavy atom. The molecule has 5 aromatic carbocycles. The second-order valence-corrected chi connectivity index (χ2v) is 11.4. The summed E-state index contributed by atoms with van der Waals surface area (Å²) in [6, 6.07) is 52.6. The quantitative estimate of drug-likeness (QED) is 0.201. The third-order valence-electron chi connectivity index (χ3n) is 8.63. The van der Waals surface area contributed by atoms with Gasteiger partial charge in [-0.2, -0.15) is 0 Å². The second-order valence-electron chi connectivity index (χ2n) is 11.4. The fourth-order valence-corrected chi connectivity index (χ4v) is 6.42. The Labute approximate surface area is 265 Å². The van der Waals surface area contributed by atoms with Gasteiger partial charge in [-0.15, -0.1) is 0 Å². The molecular formula is C41H27N5. The molecule has 0 aliphatic carbocycles. The average Bonchev–Trinajstić information content (AvgIpc) is 3.72. The zero-order valence-corrected chi connectivity index (χ0v) is 24.8. The maximum Gasteiger partial charge on any atom is 0.145 e. The van der Waals surface area contributed by atoms with Crippen molar-refractivity contribution in [2.24, 2.45) is 0 Å². The van der Waals surface area contributed by atoms with Crippen LogP contribution in [0.5, 0.6) is 0 Å². The standard InChI is InChI=1S/C41H27N5/c1-2-11-33(12-3-1)46-37-16-7-6-14-35(37)43-40(46)32-23-19-29(20-24-32)28-17-21-31(22-18-28)39-38(36-15-8-9-26-42-36)44-41-34-13-5-4-10-30(34)25-27-45(39)41/h1-27H. The highest BCUT2D eigenvalue weighted by Crippen LogP contribution is 2.36. The van der Waals surface area contributed by atoms with Crippen molar-refractivity contribution >= 4 is 27.5 Å². The lowest BCUT2D eigenvalue weighted by Gasteiger charge is -2.11. The average molecular weight is 590 g/mol. The molecule has 0 N–H and O–H groups in total. The number of para-hydroxylation sites is 3. The molecule has 5 heteroatoms. The number of aromatic nitrogens is 5. The van der Waals surface area contributed by atoms with Crippen molar-refractivity contribution in [2.75, 3.05) is 0 Å². The minimum atomic E-state index is 0.853. The molecule has 0 aliphatic heterocycles. The molecule has 0 unspecified atom stereocenters. The van der Waals surface area contributed by atoms with E-state index in [-0.39, 0.29) is 0 Å². The van der Waals surface area contributed by atoms with Gasteiger partial charge in [0.05, 0.1) is 22.4 Å². The summed E-state index contributed by atoms with van der Waals surface area (Å²) in [6.07, 6.45) is 3.94. The highest BCUT2D eigenvalue weighted by molar-refractivity contribution is 5.97. The van der Waals surface area contributed by atoms with Gasteiger partial charge in [-0.05, 0) is 59.0 Å². The highest BCUT2D eigenvalue weighted by Gasteiger charge is 2.19. The maximum atomic E-state index is 5.14. The van der Waals surface area contributed by atoms with Crippen LogP contribution in [0.4, 0.5) is 0 Å². The van der Waals surface area contributed by atoms with Crippen molar-refractivity contribution in [2.45, 2.75) is 0 Å². The molecule has 0 saturated carbocycles. The van der Waals surface area contributed by atoms with E-state index in [9.17, 15) is 0 Å². The predicted molar refractivity (Wildman–Crippen MR) is 187 cm³/mol. The van der Waals surface area contributed by atoms with Crippen molar-refractivity contribution in [3.8, 4) is 50.8 Å². The number of fused-ring (bicyclic) bond motifs is 4. The molecule has 5 nitrogen and oxygen atoms in total. The first kappa shape index (κ1) is 26.1. The first-order valence-electron chi connectivity index (χ1n) is 15.4. The number of rotatable bonds is 5. The Morgan fingerprint density at radius 1 is 0.500 bits per heavy atom. The molecule has 0 saturated heterocycles. The molecule has 4 aromatic heterocycles. The first-order valence-corrected chi connectivity index (χ1v) is 15.4. The topological polar surface area (TPSA) is 48.0 Å². The molecule has 9 aromatic rings. The van der Waals surface area contributed by atoms with Gasteiger partial charge >= 0.3 is 0 Å². The summed E-state index contributed by atoms with van der Waals surface area (Å²) in [6.45, 7) is 0. The van der Waals surface area contributed by atoms with Crippen LogP contribution in [-0.4, -0.2) is 23.9 Å². The van der Waals surface area contributed by atoms with Crippen LogP contribution in [0.15, 0.2) is 164 Å². The van der Waals surface area contributed by atoms with E-state index >= 15 is 0 Å². The summed E-state index contributed by atoms with van der Waals surface area (Å²) >= 11 is 0. The van der Waals surface area contributed by atoms with Gasteiger partial charge in [-0.25, -0.2) is 9.97 Å². The van der Waals surface area contributed by atoms with Gasteiger partial charge in [0.1, 0.15) is 17.2 Å². The molecule has 0 radical (unpaired) electrons. The summed E-state index contributed by atoms with van der Waals surface area (Å²) < 4.78 is 4.42. The minimum absolute atomic E-state index is 0.853. The molecule has 0 atom stereocenters. The summed E-state index contributed by atoms with van der Waals surface area (Å²) in [5.41, 5.74) is 11.3. The van der Waals surface area contributed by atoms with E-state index in [1.807, 2.05) is 36.5 Å². The summed E-state index contributed by atoms with van der Waals surface area (Å²) in [5.74, 6) is 0.927. The number of imidazole rings is 2. The number of hydrogen-bond donors (Lipinski definition) is 0. The van der Waals surface area contributed by atoms with Gasteiger partial charge < -0.3 is 0 Å². The maximum absolute atomic E-state index is 5.14. The number of pyridine rings is 2. The Kier molecular flexibility index (Phi) is 6.06. The number of hydrogen-bond acceptors (Lipinski definition) is 3. The van der Waals surface area contributed by atoms with Crippen molar-refractivity contribution in [1.82, 2.24) is 23.9 Å². The smallest absolute Gasteiger partial charge is 0.145 e. The zero-order chi connectivity index (χ0) is 30.5. The fraction of sp³-hybridized carbons (Fsp3) is 0. The van der Waals surface area contributed by atoms with Gasteiger partial charge in [-0.1, -0.05) is 109 Å². The van der Waals surface area contributed by atoms with Gasteiger partial charge in [-0.3, -0.25) is 14.0 Å². The summed E-state index contributed by atoms with van der Waals surface area (Å²) in [4.78, 5) is 14.8. The molecule has 0 aliphatic rings. The lowest BCUT2D eigenvalue weighted by atomic mass is 10.0. The highest BCUT2D eigenvalue weighted by atomic mass is 15.1. The molecule has 0 bridgehead atoms. The third kappa shape index (κ3) is 4.29. The molecule has 0 spiro atoms. The zero-order valence-electron chi connectivity index (χ0n) is 24.8. The van der Waals surface area contributed by atoms with Gasteiger partial charge in [0.25, 0.3) is 0 Å². The van der Waals surface area contributed by atoms with E-state index in [1.54, 1.807) is 0 Å². The largest absolute Gasteiger partial charge is 0.298 e. The van der Waals surface area contributed by atoms with Crippen LogP contribution in [-0.2, 0) is 0 Å². The molecule has 9 rings (SSSR count). The molecule has 4 heterocycles. The van der Waals surface area contributed by atoms with E-state index < -0.39 is 0 Å². The second kappa shape index (κ2) is 10.7. The SMILES string of the molecule is c1ccc(-n2c(-c3ccc(-c4ccc(-c5c(-c6ccccn6)nc6c7ccccc7ccn56)cc4)cc3)nc3ccccc32)cc1. The van der Waals surface area contributed by atoms with Gasteiger partial charge in [0, 0.05) is 34.6 Å². The first-order chi connectivity index (χ1) is 22.8. The predicted octanol–water partition coefficient (Wildman–Crippen LogP) is 9.89. The van der Waals surface area contributed by atoms with E-state index in [4.69, 9.17) is 9.97 Å². The van der Waals surface area contributed by atoms with E-state index in [0.29, 0.717) is 0 Å². The molecule has 46 heavy (non-hydrogen) atoms. The normalized spacial score (nSPS) is 11.5. The molecule has 0 fully saturated rings. The summed E-state index contributed by atoms with van der Waals surface area (Å²) in [7, 11) is 0. The number of nitrogens with zero attached hydrogens (tertiary/aromatic N) is 5. The van der Waals surface area contributed by atoms with Crippen LogP contribution >= 0.6 is 0 Å². The lowest BCUT2D eigenvalue weighted by molar-refractivity contribution is 1.10. The van der Waals surface area contributed by atoms with Crippen molar-refractivity contribution in [1.29, 1.82) is 0 Å². The lowest BCUT2D eigenvalue weighted by Crippen LogP contribution is -1.97. The Morgan fingerprint density at radius 2 is 1.17 bits per heavy atom. The molecule has 0 amide bonds. The minimum Gasteiger partial charge on any atom is -0.298 e. The van der Waals surface area contributed by atoms with Crippen molar-refractivity contribution in [3.05, 3.63) is 164 Å². The molecule has 216 valence electrons. The van der Waals surface area contributed by atoms with E-state index in [2.05, 4.69) is 141 Å². The molecular weight excluding hydrogens is 562 g/mol. The van der Waals surface area contributed by atoms with Crippen LogP contribution in [0.3, 0.4) is 0 Å². The van der Waals surface area contributed by atoms with Crippen molar-refractivity contribution < 1.29 is 0 Å². The Bertz CT molecular complexity index is 2490. The van der Waals surface area contributed by atoms with E-state index in [0.717, 1.165) is 78.3 Å².